The Morgan fingerprint density at radius 1 is 1.38 bits per heavy atom. The van der Waals surface area contributed by atoms with Gasteiger partial charge in [-0.15, -0.1) is 11.3 Å². The number of nitrogens with one attached hydrogen (secondary N) is 1. The van der Waals surface area contributed by atoms with Crippen LogP contribution in [0.2, 0.25) is 0 Å². The van der Waals surface area contributed by atoms with E-state index >= 15 is 0 Å². The smallest absolute Gasteiger partial charge is 0.335 e. The van der Waals surface area contributed by atoms with E-state index in [0.717, 1.165) is 6.42 Å². The summed E-state index contributed by atoms with van der Waals surface area (Å²) in [4.78, 5) is 24.7. The number of amides is 1. The van der Waals surface area contributed by atoms with E-state index in [1.165, 1.54) is 15.6 Å². The maximum absolute atomic E-state index is 12.7. The Kier molecular flexibility index (Phi) is 5.23. The van der Waals surface area contributed by atoms with Crippen molar-refractivity contribution in [3.05, 3.63) is 28.7 Å². The highest BCUT2D eigenvalue weighted by atomic mass is 32.2. The highest BCUT2D eigenvalue weighted by molar-refractivity contribution is 7.91. The van der Waals surface area contributed by atoms with Gasteiger partial charge in [-0.05, 0) is 24.8 Å². The van der Waals surface area contributed by atoms with Crippen molar-refractivity contribution in [1.29, 1.82) is 0 Å². The van der Waals surface area contributed by atoms with Crippen LogP contribution in [0.5, 0.6) is 0 Å². The van der Waals surface area contributed by atoms with Crippen LogP contribution in [0.3, 0.4) is 0 Å². The van der Waals surface area contributed by atoms with E-state index in [-0.39, 0.29) is 31.8 Å². The maximum atomic E-state index is 12.7. The van der Waals surface area contributed by atoms with Crippen LogP contribution in [-0.2, 0) is 24.3 Å². The molecule has 2 aliphatic heterocycles. The summed E-state index contributed by atoms with van der Waals surface area (Å²) < 4.78 is 32.6. The van der Waals surface area contributed by atoms with Crippen LogP contribution in [-0.4, -0.2) is 49.8 Å². The van der Waals surface area contributed by atoms with Gasteiger partial charge in [0.2, 0.25) is 0 Å². The van der Waals surface area contributed by atoms with Crippen molar-refractivity contribution in [2.45, 2.75) is 42.9 Å². The van der Waals surface area contributed by atoms with E-state index in [1.807, 2.05) is 6.92 Å². The molecule has 1 aromatic heterocycles. The zero-order valence-electron chi connectivity index (χ0n) is 14.8. The van der Waals surface area contributed by atoms with Crippen LogP contribution < -0.4 is 5.32 Å². The topological polar surface area (TPSA) is 92.8 Å². The molecule has 0 atom stereocenters. The lowest BCUT2D eigenvalue weighted by molar-refractivity contribution is -0.150. The van der Waals surface area contributed by atoms with Crippen LogP contribution in [0, 0.1) is 0 Å². The molecule has 0 unspecified atom stereocenters. The SMILES string of the molecule is CCCNC(=O)C1=C(C)C(=O)OC12CCN(S(=O)(=O)c1cccs1)CC2. The third-order valence-corrected chi connectivity index (χ3v) is 8.08. The van der Waals surface area contributed by atoms with Gasteiger partial charge in [-0.1, -0.05) is 13.0 Å². The summed E-state index contributed by atoms with van der Waals surface area (Å²) in [5.41, 5.74) is -0.363. The lowest BCUT2D eigenvalue weighted by Crippen LogP contribution is -2.50. The van der Waals surface area contributed by atoms with Gasteiger partial charge in [0.05, 0.1) is 5.57 Å². The first-order valence-electron chi connectivity index (χ1n) is 8.58. The number of esters is 1. The molecule has 1 N–H and O–H groups in total. The van der Waals surface area contributed by atoms with E-state index in [1.54, 1.807) is 24.4 Å². The molecule has 2 aliphatic rings. The van der Waals surface area contributed by atoms with Crippen molar-refractivity contribution in [1.82, 2.24) is 9.62 Å². The first-order chi connectivity index (χ1) is 12.3. The van der Waals surface area contributed by atoms with E-state index in [0.29, 0.717) is 21.9 Å². The Labute approximate surface area is 157 Å². The molecule has 1 fully saturated rings. The summed E-state index contributed by atoms with van der Waals surface area (Å²) in [6.07, 6.45) is 1.33. The predicted molar refractivity (Wildman–Crippen MR) is 97.1 cm³/mol. The average Bonchev–Trinajstić information content (AvgIpc) is 3.22. The van der Waals surface area contributed by atoms with Gasteiger partial charge in [0, 0.05) is 38.0 Å². The van der Waals surface area contributed by atoms with Crippen LogP contribution in [0.4, 0.5) is 0 Å². The summed E-state index contributed by atoms with van der Waals surface area (Å²) >= 11 is 1.17. The number of sulfonamides is 1. The van der Waals surface area contributed by atoms with Crippen LogP contribution in [0.15, 0.2) is 32.9 Å². The van der Waals surface area contributed by atoms with Crippen molar-refractivity contribution in [2.75, 3.05) is 19.6 Å². The molecule has 142 valence electrons. The van der Waals surface area contributed by atoms with E-state index in [4.69, 9.17) is 4.74 Å². The quantitative estimate of drug-likeness (QED) is 0.762. The summed E-state index contributed by atoms with van der Waals surface area (Å²) in [7, 11) is -3.55. The molecule has 3 heterocycles. The first-order valence-corrected chi connectivity index (χ1v) is 10.9. The summed E-state index contributed by atoms with van der Waals surface area (Å²) in [6.45, 7) is 4.45. The van der Waals surface area contributed by atoms with Gasteiger partial charge in [-0.3, -0.25) is 4.79 Å². The molecule has 1 saturated heterocycles. The average molecular weight is 399 g/mol. The molecule has 0 bridgehead atoms. The van der Waals surface area contributed by atoms with Gasteiger partial charge in [-0.2, -0.15) is 4.31 Å². The molecule has 0 aromatic carbocycles. The minimum Gasteiger partial charge on any atom is -0.450 e. The van der Waals surface area contributed by atoms with Crippen LogP contribution >= 0.6 is 11.3 Å². The fraction of sp³-hybridized carbons (Fsp3) is 0.529. The van der Waals surface area contributed by atoms with Gasteiger partial charge in [0.15, 0.2) is 0 Å². The molecule has 0 saturated carbocycles. The second-order valence-corrected chi connectivity index (χ2v) is 9.59. The lowest BCUT2D eigenvalue weighted by Gasteiger charge is -2.38. The number of piperidine rings is 1. The Morgan fingerprint density at radius 2 is 2.08 bits per heavy atom. The molecular weight excluding hydrogens is 376 g/mol. The van der Waals surface area contributed by atoms with Gasteiger partial charge in [-0.25, -0.2) is 13.2 Å². The van der Waals surface area contributed by atoms with Crippen LogP contribution in [0.25, 0.3) is 0 Å². The molecule has 26 heavy (non-hydrogen) atoms. The normalized spacial score (nSPS) is 20.5. The maximum Gasteiger partial charge on any atom is 0.335 e. The van der Waals surface area contributed by atoms with E-state index < -0.39 is 21.6 Å². The minimum atomic E-state index is -3.55. The molecule has 1 aromatic rings. The third-order valence-electron chi connectivity index (χ3n) is 4.81. The van der Waals surface area contributed by atoms with Gasteiger partial charge < -0.3 is 10.1 Å². The second-order valence-electron chi connectivity index (χ2n) is 6.48. The highest BCUT2D eigenvalue weighted by Crippen LogP contribution is 2.42. The highest BCUT2D eigenvalue weighted by Gasteiger charge is 2.52. The van der Waals surface area contributed by atoms with Gasteiger partial charge in [0.1, 0.15) is 9.81 Å². The fourth-order valence-corrected chi connectivity index (χ4v) is 6.02. The molecule has 1 amide bonds. The summed E-state index contributed by atoms with van der Waals surface area (Å²) in [5, 5.41) is 4.52. The predicted octanol–water partition coefficient (Wildman–Crippen LogP) is 1.67. The minimum absolute atomic E-state index is 0.200. The Morgan fingerprint density at radius 3 is 2.65 bits per heavy atom. The Hall–Kier alpha value is -1.71. The van der Waals surface area contributed by atoms with Crippen molar-refractivity contribution < 1.29 is 22.7 Å². The zero-order chi connectivity index (χ0) is 18.9. The molecule has 0 aliphatic carbocycles. The van der Waals surface area contributed by atoms with Gasteiger partial charge in [0.25, 0.3) is 15.9 Å². The van der Waals surface area contributed by atoms with Crippen LogP contribution in [0.1, 0.15) is 33.1 Å². The second kappa shape index (κ2) is 7.13. The van der Waals surface area contributed by atoms with Crippen molar-refractivity contribution in [3.63, 3.8) is 0 Å². The van der Waals surface area contributed by atoms with Gasteiger partial charge >= 0.3 is 5.97 Å². The first kappa shape index (κ1) is 19.1. The number of hydrogen-bond donors (Lipinski definition) is 1. The number of ether oxygens (including phenoxy) is 1. The number of carbonyl (C=O) groups is 2. The Balaban J connectivity index is 1.81. The van der Waals surface area contributed by atoms with E-state index in [9.17, 15) is 18.0 Å². The number of hydrogen-bond acceptors (Lipinski definition) is 6. The third kappa shape index (κ3) is 3.19. The van der Waals surface area contributed by atoms with Crippen molar-refractivity contribution in [2.24, 2.45) is 0 Å². The van der Waals surface area contributed by atoms with Crippen molar-refractivity contribution >= 4 is 33.2 Å². The van der Waals surface area contributed by atoms with E-state index in [2.05, 4.69) is 5.32 Å². The van der Waals surface area contributed by atoms with Crippen molar-refractivity contribution in [3.8, 4) is 0 Å². The molecule has 7 nitrogen and oxygen atoms in total. The summed E-state index contributed by atoms with van der Waals surface area (Å²) in [5.74, 6) is -0.800. The number of carbonyl (C=O) groups excluding carboxylic acids is 2. The standard InChI is InChI=1S/C17H22N2O5S2/c1-3-8-18-15(20)14-12(2)16(21)24-17(14)6-9-19(10-7-17)26(22,23)13-5-4-11-25-13/h4-5,11H,3,6-10H2,1-2H3,(H,18,20). The zero-order valence-corrected chi connectivity index (χ0v) is 16.4. The lowest BCUT2D eigenvalue weighted by atomic mass is 9.83. The molecular formula is C17H22N2O5S2. The summed E-state index contributed by atoms with van der Waals surface area (Å²) in [6, 6.07) is 3.28. The number of nitrogens with zero attached hydrogens (tertiary/aromatic N) is 1. The number of thiophene rings is 1. The largest absolute Gasteiger partial charge is 0.450 e. The fourth-order valence-electron chi connectivity index (χ4n) is 3.43. The molecule has 0 radical (unpaired) electrons. The monoisotopic (exact) mass is 398 g/mol. The number of rotatable bonds is 5. The molecule has 9 heteroatoms. The Bertz CT molecular complexity index is 835. The molecule has 1 spiro atoms. The molecule has 3 rings (SSSR count).